The summed E-state index contributed by atoms with van der Waals surface area (Å²) in [5.74, 6) is -3.62. The van der Waals surface area contributed by atoms with E-state index in [0.29, 0.717) is 5.56 Å². The van der Waals surface area contributed by atoms with Crippen molar-refractivity contribution >= 4 is 17.6 Å². The molecule has 104 valence electrons. The van der Waals surface area contributed by atoms with Crippen molar-refractivity contribution in [1.29, 1.82) is 0 Å². The fourth-order valence-electron chi connectivity index (χ4n) is 1.40. The van der Waals surface area contributed by atoms with Crippen LogP contribution >= 0.6 is 0 Å². The molecule has 0 bridgehead atoms. The SMILES string of the molecule is CC(C)c1ccc(C(=O)O)c(NC(=O)C(F)(F)F)c1. The van der Waals surface area contributed by atoms with Crippen LogP contribution in [0.25, 0.3) is 0 Å². The number of nitrogens with one attached hydrogen (secondary N) is 1. The number of halogens is 3. The molecule has 2 N–H and O–H groups in total. The van der Waals surface area contributed by atoms with Crippen LogP contribution in [0, 0.1) is 0 Å². The highest BCUT2D eigenvalue weighted by molar-refractivity contribution is 6.02. The quantitative estimate of drug-likeness (QED) is 0.891. The summed E-state index contributed by atoms with van der Waals surface area (Å²) in [5, 5.41) is 10.5. The Labute approximate surface area is 107 Å². The second-order valence-corrected chi connectivity index (χ2v) is 4.22. The molecule has 1 aromatic carbocycles. The van der Waals surface area contributed by atoms with E-state index in [1.165, 1.54) is 18.2 Å². The summed E-state index contributed by atoms with van der Waals surface area (Å²) in [5.41, 5.74) is -0.120. The van der Waals surface area contributed by atoms with E-state index < -0.39 is 18.1 Å². The van der Waals surface area contributed by atoms with Gasteiger partial charge in [-0.15, -0.1) is 0 Å². The highest BCUT2D eigenvalue weighted by atomic mass is 19.4. The minimum Gasteiger partial charge on any atom is -0.478 e. The third-order valence-electron chi connectivity index (χ3n) is 2.45. The van der Waals surface area contributed by atoms with Crippen molar-refractivity contribution in [3.63, 3.8) is 0 Å². The van der Waals surface area contributed by atoms with Gasteiger partial charge in [-0.2, -0.15) is 13.2 Å². The van der Waals surface area contributed by atoms with E-state index in [1.807, 2.05) is 0 Å². The van der Waals surface area contributed by atoms with Crippen molar-refractivity contribution in [2.45, 2.75) is 25.9 Å². The minimum absolute atomic E-state index is 0.00983. The maximum Gasteiger partial charge on any atom is 0.471 e. The summed E-state index contributed by atoms with van der Waals surface area (Å²) in [6, 6.07) is 3.90. The summed E-state index contributed by atoms with van der Waals surface area (Å²) in [6.07, 6.45) is -5.07. The predicted molar refractivity (Wildman–Crippen MR) is 62.2 cm³/mol. The number of carbonyl (C=O) groups is 2. The molecule has 19 heavy (non-hydrogen) atoms. The fraction of sp³-hybridized carbons (Fsp3) is 0.333. The highest BCUT2D eigenvalue weighted by Crippen LogP contribution is 2.25. The summed E-state index contributed by atoms with van der Waals surface area (Å²) < 4.78 is 36.5. The Morgan fingerprint density at radius 2 is 1.84 bits per heavy atom. The molecule has 0 aromatic heterocycles. The van der Waals surface area contributed by atoms with E-state index >= 15 is 0 Å². The second kappa shape index (κ2) is 5.29. The monoisotopic (exact) mass is 275 g/mol. The van der Waals surface area contributed by atoms with E-state index in [0.717, 1.165) is 0 Å². The van der Waals surface area contributed by atoms with Gasteiger partial charge in [0.2, 0.25) is 0 Å². The molecule has 0 saturated carbocycles. The van der Waals surface area contributed by atoms with Crippen molar-refractivity contribution in [3.8, 4) is 0 Å². The van der Waals surface area contributed by atoms with Gasteiger partial charge in [-0.1, -0.05) is 19.9 Å². The maximum atomic E-state index is 12.2. The van der Waals surface area contributed by atoms with Crippen LogP contribution in [0.5, 0.6) is 0 Å². The molecular weight excluding hydrogens is 263 g/mol. The number of carbonyl (C=O) groups excluding carboxylic acids is 1. The number of hydrogen-bond donors (Lipinski definition) is 2. The Kier molecular flexibility index (Phi) is 4.18. The molecule has 0 heterocycles. The Balaban J connectivity index is 3.19. The van der Waals surface area contributed by atoms with Gasteiger partial charge >= 0.3 is 18.1 Å². The van der Waals surface area contributed by atoms with Gasteiger partial charge < -0.3 is 10.4 Å². The molecule has 7 heteroatoms. The van der Waals surface area contributed by atoms with Crippen LogP contribution in [-0.2, 0) is 4.79 Å². The Bertz CT molecular complexity index is 509. The van der Waals surface area contributed by atoms with Crippen molar-refractivity contribution < 1.29 is 27.9 Å². The maximum absolute atomic E-state index is 12.2. The van der Waals surface area contributed by atoms with Crippen molar-refractivity contribution in [2.75, 3.05) is 5.32 Å². The first-order valence-corrected chi connectivity index (χ1v) is 5.38. The van der Waals surface area contributed by atoms with Crippen molar-refractivity contribution in [1.82, 2.24) is 0 Å². The summed E-state index contributed by atoms with van der Waals surface area (Å²) in [7, 11) is 0. The number of aromatic carboxylic acids is 1. The first-order chi connectivity index (χ1) is 8.62. The largest absolute Gasteiger partial charge is 0.478 e. The number of carboxylic acids is 1. The lowest BCUT2D eigenvalue weighted by atomic mass is 10.00. The Hall–Kier alpha value is -2.05. The van der Waals surface area contributed by atoms with Crippen LogP contribution < -0.4 is 5.32 Å². The molecular formula is C12H12F3NO3. The van der Waals surface area contributed by atoms with Gasteiger partial charge in [-0.25, -0.2) is 4.79 Å². The van der Waals surface area contributed by atoms with E-state index in [9.17, 15) is 22.8 Å². The lowest BCUT2D eigenvalue weighted by Gasteiger charge is -2.13. The molecule has 0 radical (unpaired) electrons. The average molecular weight is 275 g/mol. The third-order valence-corrected chi connectivity index (χ3v) is 2.45. The number of anilines is 1. The molecule has 0 aliphatic rings. The summed E-state index contributed by atoms with van der Waals surface area (Å²) >= 11 is 0. The standard InChI is InChI=1S/C12H12F3NO3/c1-6(2)7-3-4-8(10(17)18)9(5-7)16-11(19)12(13,14)15/h3-6H,1-2H3,(H,16,19)(H,17,18). The number of carboxylic acid groups (broad SMARTS) is 1. The summed E-state index contributed by atoms with van der Waals surface area (Å²) in [6.45, 7) is 3.59. The van der Waals surface area contributed by atoms with Gasteiger partial charge in [0.05, 0.1) is 11.3 Å². The molecule has 4 nitrogen and oxygen atoms in total. The van der Waals surface area contributed by atoms with Crippen LogP contribution in [0.1, 0.15) is 35.7 Å². The lowest BCUT2D eigenvalue weighted by molar-refractivity contribution is -0.167. The number of amides is 1. The first-order valence-electron chi connectivity index (χ1n) is 5.38. The van der Waals surface area contributed by atoms with Gasteiger partial charge in [0.1, 0.15) is 0 Å². The van der Waals surface area contributed by atoms with Gasteiger partial charge in [0.15, 0.2) is 0 Å². The van der Waals surface area contributed by atoms with Gasteiger partial charge in [0, 0.05) is 0 Å². The Morgan fingerprint density at radius 3 is 2.26 bits per heavy atom. The molecule has 1 aromatic rings. The zero-order valence-electron chi connectivity index (χ0n) is 10.2. The Morgan fingerprint density at radius 1 is 1.26 bits per heavy atom. The van der Waals surface area contributed by atoms with Crippen LogP contribution in [0.4, 0.5) is 18.9 Å². The number of benzene rings is 1. The predicted octanol–water partition coefficient (Wildman–Crippen LogP) is 3.01. The molecule has 0 aliphatic carbocycles. The molecule has 0 atom stereocenters. The van der Waals surface area contributed by atoms with Crippen molar-refractivity contribution in [3.05, 3.63) is 29.3 Å². The van der Waals surface area contributed by atoms with Gasteiger partial charge in [0.25, 0.3) is 0 Å². The van der Waals surface area contributed by atoms with E-state index in [2.05, 4.69) is 0 Å². The van der Waals surface area contributed by atoms with Crippen LogP contribution in [0.2, 0.25) is 0 Å². The number of rotatable bonds is 3. The molecule has 0 fully saturated rings. The lowest BCUT2D eigenvalue weighted by Crippen LogP contribution is -2.30. The number of alkyl halides is 3. The van der Waals surface area contributed by atoms with E-state index in [1.54, 1.807) is 19.2 Å². The zero-order chi connectivity index (χ0) is 14.8. The van der Waals surface area contributed by atoms with E-state index in [-0.39, 0.29) is 17.2 Å². The molecule has 0 spiro atoms. The second-order valence-electron chi connectivity index (χ2n) is 4.22. The van der Waals surface area contributed by atoms with Gasteiger partial charge in [-0.05, 0) is 23.6 Å². The fourth-order valence-corrected chi connectivity index (χ4v) is 1.40. The smallest absolute Gasteiger partial charge is 0.471 e. The normalized spacial score (nSPS) is 11.5. The molecule has 0 saturated heterocycles. The minimum atomic E-state index is -5.07. The average Bonchev–Trinajstić information content (AvgIpc) is 2.27. The van der Waals surface area contributed by atoms with Crippen LogP contribution in [0.3, 0.4) is 0 Å². The topological polar surface area (TPSA) is 66.4 Å². The van der Waals surface area contributed by atoms with Crippen molar-refractivity contribution in [2.24, 2.45) is 0 Å². The van der Waals surface area contributed by atoms with Crippen LogP contribution in [0.15, 0.2) is 18.2 Å². The van der Waals surface area contributed by atoms with Crippen LogP contribution in [-0.4, -0.2) is 23.2 Å². The first kappa shape index (κ1) is 15.0. The molecule has 1 amide bonds. The molecule has 1 rings (SSSR count). The molecule has 0 unspecified atom stereocenters. The number of hydrogen-bond acceptors (Lipinski definition) is 2. The van der Waals surface area contributed by atoms with E-state index in [4.69, 9.17) is 5.11 Å². The third kappa shape index (κ3) is 3.70. The summed E-state index contributed by atoms with van der Waals surface area (Å²) in [4.78, 5) is 21.8. The highest BCUT2D eigenvalue weighted by Gasteiger charge is 2.39. The molecule has 0 aliphatic heterocycles. The zero-order valence-corrected chi connectivity index (χ0v) is 10.2. The van der Waals surface area contributed by atoms with Gasteiger partial charge in [-0.3, -0.25) is 4.79 Å².